The molecule has 2 amide bonds. The van der Waals surface area contributed by atoms with E-state index in [1.165, 1.54) is 6.08 Å². The van der Waals surface area contributed by atoms with E-state index >= 15 is 0 Å². The van der Waals surface area contributed by atoms with E-state index in [1.54, 1.807) is 29.2 Å². The topological polar surface area (TPSA) is 49.4 Å². The first-order valence-electron chi connectivity index (χ1n) is 6.79. The van der Waals surface area contributed by atoms with Gasteiger partial charge < -0.3 is 10.2 Å². The van der Waals surface area contributed by atoms with Crippen molar-refractivity contribution in [2.75, 3.05) is 11.4 Å². The molecule has 1 aromatic carbocycles. The summed E-state index contributed by atoms with van der Waals surface area (Å²) < 4.78 is 0. The third-order valence-corrected chi connectivity index (χ3v) is 3.54. The number of para-hydroxylation sites is 1. The van der Waals surface area contributed by atoms with Gasteiger partial charge in [-0.25, -0.2) is 0 Å². The van der Waals surface area contributed by atoms with E-state index in [4.69, 9.17) is 11.6 Å². The third-order valence-electron chi connectivity index (χ3n) is 3.22. The highest BCUT2D eigenvalue weighted by Gasteiger charge is 2.33. The van der Waals surface area contributed by atoms with E-state index in [2.05, 4.69) is 5.32 Å². The van der Waals surface area contributed by atoms with Crippen LogP contribution in [0.25, 0.3) is 0 Å². The minimum Gasteiger partial charge on any atom is -0.341 e. The van der Waals surface area contributed by atoms with Gasteiger partial charge in [-0.05, 0) is 25.5 Å². The third kappa shape index (κ3) is 3.73. The summed E-state index contributed by atoms with van der Waals surface area (Å²) in [6.45, 7) is 2.41. The van der Waals surface area contributed by atoms with Crippen molar-refractivity contribution in [3.63, 3.8) is 0 Å². The van der Waals surface area contributed by atoms with Gasteiger partial charge >= 0.3 is 0 Å². The molecule has 2 rings (SSSR count). The van der Waals surface area contributed by atoms with E-state index in [0.29, 0.717) is 23.7 Å². The molecule has 1 aromatic rings. The molecule has 0 spiro atoms. The summed E-state index contributed by atoms with van der Waals surface area (Å²) >= 11 is 6.11. The minimum absolute atomic E-state index is 0.129. The second-order valence-electron chi connectivity index (χ2n) is 4.68. The molecule has 4 nitrogen and oxygen atoms in total. The first-order chi connectivity index (χ1) is 10.1. The molecule has 5 heteroatoms. The van der Waals surface area contributed by atoms with Crippen LogP contribution in [0, 0.1) is 0 Å². The lowest BCUT2D eigenvalue weighted by atomic mass is 10.2. The van der Waals surface area contributed by atoms with Crippen LogP contribution < -0.4 is 10.2 Å². The lowest BCUT2D eigenvalue weighted by Gasteiger charge is -2.18. The van der Waals surface area contributed by atoms with Gasteiger partial charge in [-0.3, -0.25) is 9.59 Å². The number of benzene rings is 1. The Hall–Kier alpha value is -2.07. The standard InChI is InChI=1S/C16H17ClN2O2/c1-2-3-4-9-15(20)18-13-10-11-19(16(13)21)14-8-6-5-7-12(14)17/h2-9,13H,10-11H2,1H3,(H,18,20)/b3-2+,9-4+/t13-/m0/s1. The van der Waals surface area contributed by atoms with Crippen molar-refractivity contribution in [1.82, 2.24) is 5.32 Å². The van der Waals surface area contributed by atoms with Crippen molar-refractivity contribution in [2.45, 2.75) is 19.4 Å². The van der Waals surface area contributed by atoms with Gasteiger partial charge in [0, 0.05) is 12.6 Å². The monoisotopic (exact) mass is 304 g/mol. The fraction of sp³-hybridized carbons (Fsp3) is 0.250. The number of hydrogen-bond acceptors (Lipinski definition) is 2. The number of rotatable bonds is 4. The van der Waals surface area contributed by atoms with Crippen LogP contribution in [0.4, 0.5) is 5.69 Å². The first-order valence-corrected chi connectivity index (χ1v) is 7.17. The van der Waals surface area contributed by atoms with Gasteiger partial charge in [0.05, 0.1) is 10.7 Å². The molecule has 1 atom stereocenters. The number of carbonyl (C=O) groups is 2. The number of hydrogen-bond donors (Lipinski definition) is 1. The average Bonchev–Trinajstić information content (AvgIpc) is 2.81. The molecule has 1 saturated heterocycles. The Morgan fingerprint density at radius 2 is 2.14 bits per heavy atom. The molecule has 21 heavy (non-hydrogen) atoms. The van der Waals surface area contributed by atoms with Crippen LogP contribution >= 0.6 is 11.6 Å². The van der Waals surface area contributed by atoms with Crippen LogP contribution in [0.5, 0.6) is 0 Å². The molecule has 110 valence electrons. The van der Waals surface area contributed by atoms with Gasteiger partial charge in [0.1, 0.15) is 6.04 Å². The quantitative estimate of drug-likeness (QED) is 0.687. The zero-order valence-electron chi connectivity index (χ0n) is 11.8. The summed E-state index contributed by atoms with van der Waals surface area (Å²) in [6, 6.07) is 6.70. The van der Waals surface area contributed by atoms with Crippen molar-refractivity contribution >= 4 is 29.1 Å². The molecular weight excluding hydrogens is 288 g/mol. The van der Waals surface area contributed by atoms with Gasteiger partial charge in [-0.15, -0.1) is 0 Å². The zero-order valence-corrected chi connectivity index (χ0v) is 12.5. The number of allylic oxidation sites excluding steroid dienone is 3. The predicted molar refractivity (Wildman–Crippen MR) is 84.3 cm³/mol. The van der Waals surface area contributed by atoms with Crippen LogP contribution in [-0.4, -0.2) is 24.4 Å². The summed E-state index contributed by atoms with van der Waals surface area (Å²) in [7, 11) is 0. The maximum Gasteiger partial charge on any atom is 0.249 e. The zero-order chi connectivity index (χ0) is 15.2. The largest absolute Gasteiger partial charge is 0.341 e. The molecule has 1 aliphatic rings. The molecule has 1 fully saturated rings. The molecule has 0 aromatic heterocycles. The Labute approximate surface area is 129 Å². The Morgan fingerprint density at radius 1 is 1.38 bits per heavy atom. The van der Waals surface area contributed by atoms with Gasteiger partial charge in [0.25, 0.3) is 0 Å². The van der Waals surface area contributed by atoms with Crippen molar-refractivity contribution in [1.29, 1.82) is 0 Å². The summed E-state index contributed by atoms with van der Waals surface area (Å²) in [4.78, 5) is 25.7. The molecule has 0 aliphatic carbocycles. The van der Waals surface area contributed by atoms with Crippen molar-refractivity contribution in [3.05, 3.63) is 53.6 Å². The van der Waals surface area contributed by atoms with Gasteiger partial charge in [-0.1, -0.05) is 42.0 Å². The Kier molecular flexibility index (Phi) is 5.17. The minimum atomic E-state index is -0.496. The Bertz CT molecular complexity index is 596. The van der Waals surface area contributed by atoms with Crippen LogP contribution in [-0.2, 0) is 9.59 Å². The Balaban J connectivity index is 2.02. The SMILES string of the molecule is C/C=C/C=C/C(=O)N[C@H]1CCN(c2ccccc2Cl)C1=O. The molecule has 1 heterocycles. The van der Waals surface area contributed by atoms with E-state index in [0.717, 1.165) is 0 Å². The summed E-state index contributed by atoms with van der Waals surface area (Å²) in [6.07, 6.45) is 7.20. The lowest BCUT2D eigenvalue weighted by Crippen LogP contribution is -2.40. The summed E-state index contributed by atoms with van der Waals surface area (Å²) in [5.41, 5.74) is 0.686. The van der Waals surface area contributed by atoms with Gasteiger partial charge in [-0.2, -0.15) is 0 Å². The number of nitrogens with zero attached hydrogens (tertiary/aromatic N) is 1. The highest BCUT2D eigenvalue weighted by Crippen LogP contribution is 2.28. The average molecular weight is 305 g/mol. The van der Waals surface area contributed by atoms with Crippen molar-refractivity contribution in [2.24, 2.45) is 0 Å². The molecule has 0 saturated carbocycles. The fourth-order valence-electron chi connectivity index (χ4n) is 2.20. The van der Waals surface area contributed by atoms with Crippen LogP contribution in [0.3, 0.4) is 0 Å². The normalized spacial score (nSPS) is 18.9. The van der Waals surface area contributed by atoms with E-state index in [1.807, 2.05) is 25.1 Å². The second kappa shape index (κ2) is 7.09. The van der Waals surface area contributed by atoms with E-state index in [-0.39, 0.29) is 11.8 Å². The maximum atomic E-state index is 12.3. The number of nitrogens with one attached hydrogen (secondary N) is 1. The molecule has 0 unspecified atom stereocenters. The Morgan fingerprint density at radius 3 is 2.86 bits per heavy atom. The molecule has 0 radical (unpaired) electrons. The van der Waals surface area contributed by atoms with E-state index in [9.17, 15) is 9.59 Å². The lowest BCUT2D eigenvalue weighted by molar-refractivity contribution is -0.123. The van der Waals surface area contributed by atoms with E-state index < -0.39 is 6.04 Å². The van der Waals surface area contributed by atoms with Gasteiger partial charge in [0.15, 0.2) is 0 Å². The van der Waals surface area contributed by atoms with Crippen molar-refractivity contribution in [3.8, 4) is 0 Å². The number of halogens is 1. The second-order valence-corrected chi connectivity index (χ2v) is 5.08. The number of carbonyl (C=O) groups excluding carboxylic acids is 2. The number of anilines is 1. The summed E-state index contributed by atoms with van der Waals surface area (Å²) in [5.74, 6) is -0.400. The maximum absolute atomic E-state index is 12.3. The molecule has 1 aliphatic heterocycles. The smallest absolute Gasteiger partial charge is 0.249 e. The first kappa shape index (κ1) is 15.3. The number of amides is 2. The molecule has 1 N–H and O–H groups in total. The predicted octanol–water partition coefficient (Wildman–Crippen LogP) is 2.69. The highest BCUT2D eigenvalue weighted by molar-refractivity contribution is 6.34. The van der Waals surface area contributed by atoms with Crippen molar-refractivity contribution < 1.29 is 9.59 Å². The van der Waals surface area contributed by atoms with Crippen LogP contribution in [0.15, 0.2) is 48.6 Å². The fourth-order valence-corrected chi connectivity index (χ4v) is 2.44. The molecule has 0 bridgehead atoms. The highest BCUT2D eigenvalue weighted by atomic mass is 35.5. The van der Waals surface area contributed by atoms with Crippen LogP contribution in [0.1, 0.15) is 13.3 Å². The van der Waals surface area contributed by atoms with Gasteiger partial charge in [0.2, 0.25) is 11.8 Å². The molecular formula is C16H17ClN2O2. The van der Waals surface area contributed by atoms with Crippen LogP contribution in [0.2, 0.25) is 5.02 Å². The summed E-state index contributed by atoms with van der Waals surface area (Å²) in [5, 5.41) is 3.25.